The highest BCUT2D eigenvalue weighted by Gasteiger charge is 2.18. The van der Waals surface area contributed by atoms with Gasteiger partial charge in [0.25, 0.3) is 11.8 Å². The zero-order chi connectivity index (χ0) is 18.2. The quantitative estimate of drug-likeness (QED) is 0.805. The molecule has 0 heterocycles. The number of amides is 2. The molecule has 1 aliphatic rings. The SMILES string of the molecule is O=C(COc1ccccc1C(=O)NCc1ccccc1)NC1CCCC1. The lowest BCUT2D eigenvalue weighted by Crippen LogP contribution is -2.36. The molecule has 0 saturated heterocycles. The number of para-hydroxylation sites is 1. The molecule has 0 aliphatic heterocycles. The van der Waals surface area contributed by atoms with Crippen molar-refractivity contribution in [3.8, 4) is 5.75 Å². The molecule has 5 nitrogen and oxygen atoms in total. The minimum atomic E-state index is -0.222. The van der Waals surface area contributed by atoms with E-state index >= 15 is 0 Å². The number of rotatable bonds is 7. The van der Waals surface area contributed by atoms with Crippen LogP contribution < -0.4 is 15.4 Å². The summed E-state index contributed by atoms with van der Waals surface area (Å²) in [4.78, 5) is 24.5. The van der Waals surface area contributed by atoms with Gasteiger partial charge in [-0.25, -0.2) is 0 Å². The maximum Gasteiger partial charge on any atom is 0.258 e. The van der Waals surface area contributed by atoms with Crippen LogP contribution in [0.3, 0.4) is 0 Å². The number of nitrogens with one attached hydrogen (secondary N) is 2. The largest absolute Gasteiger partial charge is 0.483 e. The Labute approximate surface area is 153 Å². The number of carbonyl (C=O) groups is 2. The van der Waals surface area contributed by atoms with E-state index in [1.807, 2.05) is 30.3 Å². The predicted octanol–water partition coefficient (Wildman–Crippen LogP) is 3.05. The first-order chi connectivity index (χ1) is 12.7. The third-order valence-electron chi connectivity index (χ3n) is 4.51. The van der Waals surface area contributed by atoms with Crippen molar-refractivity contribution in [2.24, 2.45) is 0 Å². The topological polar surface area (TPSA) is 67.4 Å². The Kier molecular flexibility index (Phi) is 6.25. The molecule has 0 radical (unpaired) electrons. The van der Waals surface area contributed by atoms with Crippen molar-refractivity contribution in [3.05, 3.63) is 65.7 Å². The standard InChI is InChI=1S/C21H24N2O3/c24-20(23-17-10-4-5-11-17)15-26-19-13-7-6-12-18(19)21(25)22-14-16-8-2-1-3-9-16/h1-3,6-9,12-13,17H,4-5,10-11,14-15H2,(H,22,25)(H,23,24). The minimum Gasteiger partial charge on any atom is -0.483 e. The summed E-state index contributed by atoms with van der Waals surface area (Å²) >= 11 is 0. The van der Waals surface area contributed by atoms with Crippen LogP contribution >= 0.6 is 0 Å². The van der Waals surface area contributed by atoms with Crippen molar-refractivity contribution in [1.82, 2.24) is 10.6 Å². The molecule has 0 aromatic heterocycles. The normalized spacial score (nSPS) is 14.0. The van der Waals surface area contributed by atoms with E-state index in [1.54, 1.807) is 24.3 Å². The second kappa shape index (κ2) is 9.04. The van der Waals surface area contributed by atoms with Crippen LogP contribution in [-0.4, -0.2) is 24.5 Å². The Hall–Kier alpha value is -2.82. The monoisotopic (exact) mass is 352 g/mol. The van der Waals surface area contributed by atoms with Crippen molar-refractivity contribution >= 4 is 11.8 Å². The van der Waals surface area contributed by atoms with Gasteiger partial charge in [-0.15, -0.1) is 0 Å². The van der Waals surface area contributed by atoms with Crippen LogP contribution in [0.25, 0.3) is 0 Å². The van der Waals surface area contributed by atoms with Crippen LogP contribution in [0, 0.1) is 0 Å². The highest BCUT2D eigenvalue weighted by molar-refractivity contribution is 5.97. The Balaban J connectivity index is 1.54. The summed E-state index contributed by atoms with van der Waals surface area (Å²) < 4.78 is 5.61. The lowest BCUT2D eigenvalue weighted by atomic mass is 10.1. The molecule has 2 N–H and O–H groups in total. The van der Waals surface area contributed by atoms with Gasteiger partial charge in [0.05, 0.1) is 5.56 Å². The van der Waals surface area contributed by atoms with Gasteiger partial charge >= 0.3 is 0 Å². The van der Waals surface area contributed by atoms with Crippen molar-refractivity contribution in [1.29, 1.82) is 0 Å². The van der Waals surface area contributed by atoms with Crippen LogP contribution in [0.15, 0.2) is 54.6 Å². The summed E-state index contributed by atoms with van der Waals surface area (Å²) in [6.45, 7) is 0.357. The molecule has 1 fully saturated rings. The third kappa shape index (κ3) is 5.09. The average molecular weight is 352 g/mol. The number of carbonyl (C=O) groups excluding carboxylic acids is 2. The van der Waals surface area contributed by atoms with Gasteiger partial charge in [-0.3, -0.25) is 9.59 Å². The average Bonchev–Trinajstić information content (AvgIpc) is 3.18. The molecule has 3 rings (SSSR count). The summed E-state index contributed by atoms with van der Waals surface area (Å²) in [5, 5.41) is 5.86. The molecule has 2 aromatic carbocycles. The molecule has 1 saturated carbocycles. The van der Waals surface area contributed by atoms with E-state index in [0.717, 1.165) is 31.2 Å². The van der Waals surface area contributed by atoms with Gasteiger partial charge in [0.15, 0.2) is 6.61 Å². The molecule has 136 valence electrons. The van der Waals surface area contributed by atoms with Gasteiger partial charge in [-0.05, 0) is 30.5 Å². The number of benzene rings is 2. The Bertz CT molecular complexity index is 740. The van der Waals surface area contributed by atoms with Crippen LogP contribution in [0.4, 0.5) is 0 Å². The van der Waals surface area contributed by atoms with Crippen LogP contribution in [0.5, 0.6) is 5.75 Å². The van der Waals surface area contributed by atoms with E-state index in [0.29, 0.717) is 17.9 Å². The van der Waals surface area contributed by atoms with Crippen molar-refractivity contribution in [2.75, 3.05) is 6.61 Å². The molecule has 5 heteroatoms. The summed E-state index contributed by atoms with van der Waals surface area (Å²) in [5.74, 6) is 0.0525. The Morgan fingerprint density at radius 2 is 1.65 bits per heavy atom. The fraction of sp³-hybridized carbons (Fsp3) is 0.333. The van der Waals surface area contributed by atoms with Crippen molar-refractivity contribution < 1.29 is 14.3 Å². The predicted molar refractivity (Wildman–Crippen MR) is 99.9 cm³/mol. The maximum atomic E-state index is 12.5. The molecule has 2 aromatic rings. The molecule has 0 atom stereocenters. The molecule has 26 heavy (non-hydrogen) atoms. The van der Waals surface area contributed by atoms with Gasteiger partial charge in [0.1, 0.15) is 5.75 Å². The van der Waals surface area contributed by atoms with E-state index in [-0.39, 0.29) is 24.5 Å². The minimum absolute atomic E-state index is 0.0839. The number of ether oxygens (including phenoxy) is 1. The summed E-state index contributed by atoms with van der Waals surface area (Å²) in [7, 11) is 0. The zero-order valence-electron chi connectivity index (χ0n) is 14.7. The van der Waals surface area contributed by atoms with Crippen LogP contribution in [-0.2, 0) is 11.3 Å². The first-order valence-corrected chi connectivity index (χ1v) is 9.05. The third-order valence-corrected chi connectivity index (χ3v) is 4.51. The highest BCUT2D eigenvalue weighted by atomic mass is 16.5. The van der Waals surface area contributed by atoms with E-state index in [4.69, 9.17) is 4.74 Å². The smallest absolute Gasteiger partial charge is 0.258 e. The van der Waals surface area contributed by atoms with Crippen LogP contribution in [0.1, 0.15) is 41.6 Å². The first-order valence-electron chi connectivity index (χ1n) is 9.05. The van der Waals surface area contributed by atoms with Gasteiger partial charge < -0.3 is 15.4 Å². The molecule has 2 amide bonds. The number of hydrogen-bond acceptors (Lipinski definition) is 3. The molecule has 0 bridgehead atoms. The lowest BCUT2D eigenvalue weighted by molar-refractivity contribution is -0.123. The van der Waals surface area contributed by atoms with Crippen molar-refractivity contribution in [3.63, 3.8) is 0 Å². The van der Waals surface area contributed by atoms with E-state index < -0.39 is 0 Å². The van der Waals surface area contributed by atoms with E-state index in [9.17, 15) is 9.59 Å². The van der Waals surface area contributed by atoms with Gasteiger partial charge in [-0.1, -0.05) is 55.3 Å². The van der Waals surface area contributed by atoms with E-state index in [2.05, 4.69) is 10.6 Å². The van der Waals surface area contributed by atoms with E-state index in [1.165, 1.54) is 0 Å². The Morgan fingerprint density at radius 1 is 0.962 bits per heavy atom. The highest BCUT2D eigenvalue weighted by Crippen LogP contribution is 2.19. The van der Waals surface area contributed by atoms with Crippen LogP contribution in [0.2, 0.25) is 0 Å². The molecule has 1 aliphatic carbocycles. The lowest BCUT2D eigenvalue weighted by Gasteiger charge is -2.14. The Morgan fingerprint density at radius 3 is 2.42 bits per heavy atom. The fourth-order valence-corrected chi connectivity index (χ4v) is 3.14. The number of hydrogen-bond donors (Lipinski definition) is 2. The fourth-order valence-electron chi connectivity index (χ4n) is 3.14. The summed E-state index contributed by atoms with van der Waals surface area (Å²) in [6, 6.07) is 16.9. The van der Waals surface area contributed by atoms with Gasteiger partial charge in [-0.2, -0.15) is 0 Å². The van der Waals surface area contributed by atoms with Gasteiger partial charge in [0.2, 0.25) is 0 Å². The molecular formula is C21H24N2O3. The van der Waals surface area contributed by atoms with Crippen molar-refractivity contribution in [2.45, 2.75) is 38.3 Å². The molecular weight excluding hydrogens is 328 g/mol. The summed E-state index contributed by atoms with van der Waals surface area (Å²) in [5.41, 5.74) is 1.45. The summed E-state index contributed by atoms with van der Waals surface area (Å²) in [6.07, 6.45) is 4.39. The first kappa shape index (κ1) is 18.0. The molecule has 0 spiro atoms. The second-order valence-corrected chi connectivity index (χ2v) is 6.50. The zero-order valence-corrected chi connectivity index (χ0v) is 14.7. The second-order valence-electron chi connectivity index (χ2n) is 6.50. The maximum absolute atomic E-state index is 12.5. The molecule has 0 unspecified atom stereocenters. The van der Waals surface area contributed by atoms with Gasteiger partial charge in [0, 0.05) is 12.6 Å².